The number of methoxy groups -OCH3 is 2. The smallest absolute Gasteiger partial charge is 0.309 e. The lowest BCUT2D eigenvalue weighted by atomic mass is 10.2. The van der Waals surface area contributed by atoms with Gasteiger partial charge < -0.3 is 9.47 Å². The minimum Gasteiger partial charge on any atom is -0.496 e. The molecule has 0 unspecified atom stereocenters. The molecule has 0 bridgehead atoms. The number of pyridine rings is 1. The van der Waals surface area contributed by atoms with Crippen molar-refractivity contribution in [3.63, 3.8) is 0 Å². The Hall–Kier alpha value is -1.84. The molecule has 0 atom stereocenters. The predicted molar refractivity (Wildman–Crippen MR) is 56.5 cm³/mol. The van der Waals surface area contributed by atoms with Gasteiger partial charge in [-0.3, -0.25) is 9.78 Å². The molecule has 1 aromatic heterocycles. The maximum atomic E-state index is 10.8. The zero-order valence-corrected chi connectivity index (χ0v) is 8.77. The van der Waals surface area contributed by atoms with E-state index in [1.54, 1.807) is 37.7 Å². The molecule has 4 heteroatoms. The molecule has 0 aliphatic carbocycles. The van der Waals surface area contributed by atoms with Crippen molar-refractivity contribution in [2.45, 2.75) is 6.42 Å². The molecule has 1 heterocycles. The van der Waals surface area contributed by atoms with Crippen LogP contribution in [0.3, 0.4) is 0 Å². The van der Waals surface area contributed by atoms with E-state index in [4.69, 9.17) is 4.74 Å². The number of carbonyl (C=O) groups excluding carboxylic acids is 1. The minimum absolute atomic E-state index is 0.245. The van der Waals surface area contributed by atoms with Gasteiger partial charge in [0.1, 0.15) is 5.75 Å². The molecule has 4 nitrogen and oxygen atoms in total. The van der Waals surface area contributed by atoms with Gasteiger partial charge in [-0.15, -0.1) is 0 Å². The van der Waals surface area contributed by atoms with Crippen molar-refractivity contribution in [3.05, 3.63) is 30.1 Å². The zero-order valence-electron chi connectivity index (χ0n) is 8.77. The Balaban J connectivity index is 2.67. The molecule has 1 aromatic rings. The van der Waals surface area contributed by atoms with Crippen LogP contribution in [0.25, 0.3) is 6.08 Å². The van der Waals surface area contributed by atoms with Crippen LogP contribution in [0.15, 0.2) is 24.5 Å². The molecule has 0 saturated heterocycles. The normalized spacial score (nSPS) is 10.3. The fraction of sp³-hybridized carbons (Fsp3) is 0.273. The predicted octanol–water partition coefficient (Wildman–Crippen LogP) is 1.67. The second kappa shape index (κ2) is 5.80. The summed E-state index contributed by atoms with van der Waals surface area (Å²) in [6.07, 6.45) is 7.06. The maximum absolute atomic E-state index is 10.8. The average molecular weight is 207 g/mol. The Morgan fingerprint density at radius 1 is 1.53 bits per heavy atom. The first-order valence-electron chi connectivity index (χ1n) is 4.49. The van der Waals surface area contributed by atoms with Gasteiger partial charge in [0.2, 0.25) is 0 Å². The SMILES string of the molecule is COC(=O)CC=Cc1cnccc1OC. The first-order valence-corrected chi connectivity index (χ1v) is 4.49. The lowest BCUT2D eigenvalue weighted by molar-refractivity contribution is -0.139. The standard InChI is InChI=1S/C11H13NO3/c1-14-10-6-7-12-8-9(10)4-3-5-11(13)15-2/h3-4,6-8H,5H2,1-2H3. The molecular weight excluding hydrogens is 194 g/mol. The number of hydrogen-bond acceptors (Lipinski definition) is 4. The van der Waals surface area contributed by atoms with E-state index in [2.05, 4.69) is 9.72 Å². The van der Waals surface area contributed by atoms with Gasteiger partial charge in [0.25, 0.3) is 0 Å². The van der Waals surface area contributed by atoms with Crippen LogP contribution in [0, 0.1) is 0 Å². The molecule has 0 aliphatic rings. The van der Waals surface area contributed by atoms with Crippen LogP contribution in [0.2, 0.25) is 0 Å². The summed E-state index contributed by atoms with van der Waals surface area (Å²) in [5.41, 5.74) is 0.837. The fourth-order valence-electron chi connectivity index (χ4n) is 1.07. The quantitative estimate of drug-likeness (QED) is 0.704. The van der Waals surface area contributed by atoms with Crippen LogP contribution in [-0.2, 0) is 9.53 Å². The van der Waals surface area contributed by atoms with Crippen LogP contribution >= 0.6 is 0 Å². The van der Waals surface area contributed by atoms with Crippen LogP contribution in [0.5, 0.6) is 5.75 Å². The Kier molecular flexibility index (Phi) is 4.34. The number of nitrogens with zero attached hydrogens (tertiary/aromatic N) is 1. The summed E-state index contributed by atoms with van der Waals surface area (Å²) in [5, 5.41) is 0. The highest BCUT2D eigenvalue weighted by atomic mass is 16.5. The lowest BCUT2D eigenvalue weighted by Crippen LogP contribution is -1.96. The van der Waals surface area contributed by atoms with Crippen molar-refractivity contribution in [3.8, 4) is 5.75 Å². The summed E-state index contributed by atoms with van der Waals surface area (Å²) in [6, 6.07) is 1.76. The van der Waals surface area contributed by atoms with Gasteiger partial charge in [-0.2, -0.15) is 0 Å². The van der Waals surface area contributed by atoms with Crippen LogP contribution < -0.4 is 4.74 Å². The molecule has 0 N–H and O–H groups in total. The van der Waals surface area contributed by atoms with Crippen molar-refractivity contribution < 1.29 is 14.3 Å². The van der Waals surface area contributed by atoms with Gasteiger partial charge >= 0.3 is 5.97 Å². The van der Waals surface area contributed by atoms with Gasteiger partial charge in [-0.1, -0.05) is 12.2 Å². The number of rotatable bonds is 4. The van der Waals surface area contributed by atoms with Crippen molar-refractivity contribution in [2.24, 2.45) is 0 Å². The van der Waals surface area contributed by atoms with E-state index in [9.17, 15) is 4.79 Å². The summed E-state index contributed by atoms with van der Waals surface area (Å²) in [7, 11) is 2.95. The van der Waals surface area contributed by atoms with Crippen molar-refractivity contribution >= 4 is 12.0 Å². The first kappa shape index (κ1) is 11.2. The molecule has 15 heavy (non-hydrogen) atoms. The van der Waals surface area contributed by atoms with Gasteiger partial charge in [-0.25, -0.2) is 0 Å². The van der Waals surface area contributed by atoms with Crippen molar-refractivity contribution in [1.29, 1.82) is 0 Å². The van der Waals surface area contributed by atoms with E-state index < -0.39 is 0 Å². The molecule has 0 aliphatic heterocycles. The van der Waals surface area contributed by atoms with Crippen LogP contribution in [0.4, 0.5) is 0 Å². The van der Waals surface area contributed by atoms with E-state index >= 15 is 0 Å². The van der Waals surface area contributed by atoms with Crippen LogP contribution in [-0.4, -0.2) is 25.2 Å². The molecule has 0 fully saturated rings. The summed E-state index contributed by atoms with van der Waals surface area (Å²) in [4.78, 5) is 14.8. The van der Waals surface area contributed by atoms with E-state index in [0.29, 0.717) is 0 Å². The van der Waals surface area contributed by atoms with Crippen molar-refractivity contribution in [2.75, 3.05) is 14.2 Å². The molecule has 80 valence electrons. The molecule has 0 radical (unpaired) electrons. The molecule has 0 saturated carbocycles. The number of hydrogen-bond donors (Lipinski definition) is 0. The Morgan fingerprint density at radius 2 is 2.33 bits per heavy atom. The summed E-state index contributed by atoms with van der Waals surface area (Å²) in [6.45, 7) is 0. The maximum Gasteiger partial charge on any atom is 0.309 e. The van der Waals surface area contributed by atoms with E-state index in [1.807, 2.05) is 0 Å². The summed E-state index contributed by atoms with van der Waals surface area (Å²) >= 11 is 0. The number of aromatic nitrogens is 1. The van der Waals surface area contributed by atoms with E-state index in [-0.39, 0.29) is 12.4 Å². The minimum atomic E-state index is -0.269. The highest BCUT2D eigenvalue weighted by Gasteiger charge is 1.98. The zero-order chi connectivity index (χ0) is 11.1. The van der Waals surface area contributed by atoms with Gasteiger partial charge in [0.05, 0.1) is 20.6 Å². The topological polar surface area (TPSA) is 48.4 Å². The third-order valence-electron chi connectivity index (χ3n) is 1.84. The molecule has 1 rings (SSSR count). The summed E-state index contributed by atoms with van der Waals surface area (Å²) in [5.74, 6) is 0.459. The Morgan fingerprint density at radius 3 is 3.00 bits per heavy atom. The second-order valence-corrected chi connectivity index (χ2v) is 2.80. The van der Waals surface area contributed by atoms with E-state index in [0.717, 1.165) is 11.3 Å². The molecule has 0 amide bonds. The average Bonchev–Trinajstić information content (AvgIpc) is 2.29. The molecular formula is C11H13NO3. The lowest BCUT2D eigenvalue weighted by Gasteiger charge is -2.02. The molecule has 0 spiro atoms. The molecule has 0 aromatic carbocycles. The fourth-order valence-corrected chi connectivity index (χ4v) is 1.07. The van der Waals surface area contributed by atoms with Gasteiger partial charge in [0.15, 0.2) is 0 Å². The Bertz CT molecular complexity index is 361. The number of ether oxygens (including phenoxy) is 2. The third kappa shape index (κ3) is 3.42. The van der Waals surface area contributed by atoms with Gasteiger partial charge in [0, 0.05) is 18.0 Å². The Labute approximate surface area is 88.5 Å². The number of carbonyl (C=O) groups is 1. The first-order chi connectivity index (χ1) is 7.27. The van der Waals surface area contributed by atoms with Crippen LogP contribution in [0.1, 0.15) is 12.0 Å². The van der Waals surface area contributed by atoms with Crippen molar-refractivity contribution in [1.82, 2.24) is 4.98 Å². The number of esters is 1. The monoisotopic (exact) mass is 207 g/mol. The highest BCUT2D eigenvalue weighted by molar-refractivity contribution is 5.72. The highest BCUT2D eigenvalue weighted by Crippen LogP contribution is 2.17. The third-order valence-corrected chi connectivity index (χ3v) is 1.84. The largest absolute Gasteiger partial charge is 0.496 e. The second-order valence-electron chi connectivity index (χ2n) is 2.80. The summed E-state index contributed by atoms with van der Waals surface area (Å²) < 4.78 is 9.63. The van der Waals surface area contributed by atoms with Gasteiger partial charge in [-0.05, 0) is 6.07 Å². The van der Waals surface area contributed by atoms with E-state index in [1.165, 1.54) is 7.11 Å².